The molecule has 0 unspecified atom stereocenters. The Kier molecular flexibility index (Phi) is 6.21. The molecule has 120 valence electrons. The van der Waals surface area contributed by atoms with Gasteiger partial charge >= 0.3 is 6.18 Å². The summed E-state index contributed by atoms with van der Waals surface area (Å²) in [6, 6.07) is 6.73. The maximum Gasteiger partial charge on any atom is 0.421 e. The highest BCUT2D eigenvalue weighted by Crippen LogP contribution is 2.45. The highest BCUT2D eigenvalue weighted by Gasteiger charge is 2.39. The SMILES string of the molecule is Cc1ccc(Nc2c(Cl)c(Cl)nc(Cl)c2C(F)(F)F)cc1.Cl. The molecule has 0 atom stereocenters. The van der Waals surface area contributed by atoms with Crippen LogP contribution in [0.1, 0.15) is 11.1 Å². The van der Waals surface area contributed by atoms with E-state index >= 15 is 0 Å². The maximum atomic E-state index is 13.1. The molecule has 0 fully saturated rings. The van der Waals surface area contributed by atoms with Gasteiger partial charge in [-0.15, -0.1) is 12.4 Å². The minimum Gasteiger partial charge on any atom is -0.354 e. The van der Waals surface area contributed by atoms with Crippen LogP contribution in [0, 0.1) is 6.92 Å². The van der Waals surface area contributed by atoms with Gasteiger partial charge in [0.2, 0.25) is 0 Å². The van der Waals surface area contributed by atoms with E-state index in [1.165, 1.54) is 0 Å². The monoisotopic (exact) mass is 390 g/mol. The largest absolute Gasteiger partial charge is 0.421 e. The summed E-state index contributed by atoms with van der Waals surface area (Å²) >= 11 is 17.1. The number of benzene rings is 1. The van der Waals surface area contributed by atoms with E-state index in [-0.39, 0.29) is 22.6 Å². The second-order valence-corrected chi connectivity index (χ2v) is 5.34. The highest BCUT2D eigenvalue weighted by atomic mass is 35.5. The molecule has 0 spiro atoms. The zero-order valence-electron chi connectivity index (χ0n) is 10.9. The van der Waals surface area contributed by atoms with E-state index in [1.807, 2.05) is 6.92 Å². The lowest BCUT2D eigenvalue weighted by atomic mass is 10.2. The van der Waals surface area contributed by atoms with Crippen molar-refractivity contribution in [2.24, 2.45) is 0 Å². The van der Waals surface area contributed by atoms with E-state index in [9.17, 15) is 13.2 Å². The molecule has 1 aromatic heterocycles. The molecule has 0 aliphatic rings. The number of hydrogen-bond donors (Lipinski definition) is 1. The summed E-state index contributed by atoms with van der Waals surface area (Å²) in [6.07, 6.45) is -4.72. The Bertz CT molecular complexity index is 672. The van der Waals surface area contributed by atoms with Crippen molar-refractivity contribution in [3.05, 3.63) is 50.7 Å². The van der Waals surface area contributed by atoms with Gasteiger partial charge in [-0.2, -0.15) is 13.2 Å². The van der Waals surface area contributed by atoms with Crippen LogP contribution in [0.25, 0.3) is 0 Å². The Morgan fingerprint density at radius 3 is 2.05 bits per heavy atom. The number of hydrogen-bond acceptors (Lipinski definition) is 2. The van der Waals surface area contributed by atoms with Crippen molar-refractivity contribution in [2.45, 2.75) is 13.1 Å². The zero-order chi connectivity index (χ0) is 15.8. The van der Waals surface area contributed by atoms with E-state index in [2.05, 4.69) is 10.3 Å². The first-order valence-corrected chi connectivity index (χ1v) is 6.79. The lowest BCUT2D eigenvalue weighted by Gasteiger charge is -2.17. The topological polar surface area (TPSA) is 24.9 Å². The summed E-state index contributed by atoms with van der Waals surface area (Å²) in [5, 5.41) is 1.20. The first kappa shape index (κ1) is 19.2. The first-order valence-electron chi connectivity index (χ1n) is 5.65. The van der Waals surface area contributed by atoms with Gasteiger partial charge in [-0.05, 0) is 19.1 Å². The number of rotatable bonds is 2. The summed E-state index contributed by atoms with van der Waals surface area (Å²) in [7, 11) is 0. The average molecular weight is 392 g/mol. The van der Waals surface area contributed by atoms with Crippen LogP contribution in [0.15, 0.2) is 24.3 Å². The molecule has 2 rings (SSSR count). The normalized spacial score (nSPS) is 11.0. The molecule has 1 N–H and O–H groups in total. The lowest BCUT2D eigenvalue weighted by molar-refractivity contribution is -0.137. The summed E-state index contributed by atoms with van der Waals surface area (Å²) in [5.41, 5.74) is -0.183. The van der Waals surface area contributed by atoms with Gasteiger partial charge in [0.05, 0.1) is 5.69 Å². The molecule has 2 aromatic rings. The Labute approximate surface area is 146 Å². The molecule has 0 saturated carbocycles. The maximum absolute atomic E-state index is 13.1. The van der Waals surface area contributed by atoms with Crippen LogP contribution in [0.2, 0.25) is 15.3 Å². The smallest absolute Gasteiger partial charge is 0.354 e. The molecule has 22 heavy (non-hydrogen) atoms. The minimum absolute atomic E-state index is 0. The summed E-state index contributed by atoms with van der Waals surface area (Å²) < 4.78 is 39.4. The average Bonchev–Trinajstić information content (AvgIpc) is 2.36. The number of nitrogens with one attached hydrogen (secondary N) is 1. The van der Waals surface area contributed by atoms with E-state index in [0.717, 1.165) is 5.56 Å². The van der Waals surface area contributed by atoms with E-state index in [0.29, 0.717) is 5.69 Å². The van der Waals surface area contributed by atoms with Gasteiger partial charge in [-0.25, -0.2) is 4.98 Å². The third-order valence-electron chi connectivity index (χ3n) is 2.66. The van der Waals surface area contributed by atoms with Gasteiger partial charge in [0.25, 0.3) is 0 Å². The molecule has 0 aliphatic heterocycles. The molecule has 2 nitrogen and oxygen atoms in total. The molecule has 0 bridgehead atoms. The Balaban J connectivity index is 0.00000242. The van der Waals surface area contributed by atoms with Crippen LogP contribution in [-0.2, 0) is 6.18 Å². The van der Waals surface area contributed by atoms with Gasteiger partial charge in [-0.3, -0.25) is 0 Å². The van der Waals surface area contributed by atoms with Gasteiger partial charge in [0.15, 0.2) is 5.15 Å². The summed E-state index contributed by atoms with van der Waals surface area (Å²) in [5.74, 6) is 0. The number of aromatic nitrogens is 1. The van der Waals surface area contributed by atoms with Crippen LogP contribution in [0.4, 0.5) is 24.5 Å². The molecule has 1 aromatic carbocycles. The molecule has 0 radical (unpaired) electrons. The van der Waals surface area contributed by atoms with E-state index in [4.69, 9.17) is 34.8 Å². The summed E-state index contributed by atoms with van der Waals surface area (Å²) in [6.45, 7) is 1.86. The second-order valence-electron chi connectivity index (χ2n) is 4.25. The minimum atomic E-state index is -4.72. The van der Waals surface area contributed by atoms with Gasteiger partial charge in [0, 0.05) is 5.69 Å². The molecule has 9 heteroatoms. The first-order chi connectivity index (χ1) is 9.70. The zero-order valence-corrected chi connectivity index (χ0v) is 14.0. The fourth-order valence-electron chi connectivity index (χ4n) is 1.66. The quantitative estimate of drug-likeness (QED) is 0.588. The van der Waals surface area contributed by atoms with Crippen molar-refractivity contribution >= 4 is 58.6 Å². The Morgan fingerprint density at radius 2 is 1.55 bits per heavy atom. The van der Waals surface area contributed by atoms with Crippen LogP contribution in [0.5, 0.6) is 0 Å². The van der Waals surface area contributed by atoms with E-state index < -0.39 is 22.6 Å². The number of aryl methyl sites for hydroxylation is 1. The highest BCUT2D eigenvalue weighted by molar-refractivity contribution is 6.44. The van der Waals surface area contributed by atoms with Crippen molar-refractivity contribution < 1.29 is 13.2 Å². The molecular formula is C13H9Cl4F3N2. The summed E-state index contributed by atoms with van der Waals surface area (Å²) in [4.78, 5) is 3.39. The predicted molar refractivity (Wildman–Crippen MR) is 86.0 cm³/mol. The van der Waals surface area contributed by atoms with Crippen molar-refractivity contribution in [2.75, 3.05) is 5.32 Å². The fraction of sp³-hybridized carbons (Fsp3) is 0.154. The van der Waals surface area contributed by atoms with Gasteiger partial charge in [-0.1, -0.05) is 52.5 Å². The van der Waals surface area contributed by atoms with Crippen molar-refractivity contribution in [3.63, 3.8) is 0 Å². The van der Waals surface area contributed by atoms with Gasteiger partial charge in [0.1, 0.15) is 15.7 Å². The van der Waals surface area contributed by atoms with Gasteiger partial charge < -0.3 is 5.32 Å². The Hall–Kier alpha value is -0.880. The third-order valence-corrected chi connectivity index (χ3v) is 3.67. The van der Waals surface area contributed by atoms with Crippen LogP contribution < -0.4 is 5.32 Å². The number of anilines is 2. The fourth-order valence-corrected chi connectivity index (χ4v) is 2.36. The molecule has 0 saturated heterocycles. The molecule has 1 heterocycles. The number of halogens is 7. The van der Waals surface area contributed by atoms with Crippen LogP contribution in [-0.4, -0.2) is 4.98 Å². The van der Waals surface area contributed by atoms with Crippen molar-refractivity contribution in [1.29, 1.82) is 0 Å². The Morgan fingerprint density at radius 1 is 1.00 bits per heavy atom. The molecule has 0 aliphatic carbocycles. The lowest BCUT2D eigenvalue weighted by Crippen LogP contribution is -2.11. The van der Waals surface area contributed by atoms with Crippen molar-refractivity contribution in [3.8, 4) is 0 Å². The van der Waals surface area contributed by atoms with Crippen LogP contribution in [0.3, 0.4) is 0 Å². The third kappa shape index (κ3) is 4.10. The standard InChI is InChI=1S/C13H8Cl3F3N2.ClH/c1-6-2-4-7(5-3-6)20-10-8(13(17,18)19)11(15)21-12(16)9(10)14;/h2-5H,1H3,(H,20,21);1H. The number of pyridine rings is 1. The molecular weight excluding hydrogens is 383 g/mol. The van der Waals surface area contributed by atoms with E-state index in [1.54, 1.807) is 24.3 Å². The second kappa shape index (κ2) is 7.13. The number of nitrogens with zero attached hydrogens (tertiary/aromatic N) is 1. The molecule has 0 amide bonds. The predicted octanol–water partition coefficient (Wildman–Crippen LogP) is 6.53. The van der Waals surface area contributed by atoms with Crippen LogP contribution >= 0.6 is 47.2 Å². The number of alkyl halides is 3. The van der Waals surface area contributed by atoms with Crippen molar-refractivity contribution in [1.82, 2.24) is 4.98 Å².